The summed E-state index contributed by atoms with van der Waals surface area (Å²) < 4.78 is 7.07. The maximum atomic E-state index is 11.6. The molecule has 0 bridgehead atoms. The van der Waals surface area contributed by atoms with Gasteiger partial charge >= 0.3 is 5.97 Å². The molecule has 2 aromatic rings. The van der Waals surface area contributed by atoms with Gasteiger partial charge in [-0.05, 0) is 44.4 Å². The van der Waals surface area contributed by atoms with Crippen LogP contribution in [0, 0.1) is 0 Å². The van der Waals surface area contributed by atoms with Crippen molar-refractivity contribution in [1.82, 2.24) is 19.7 Å². The van der Waals surface area contributed by atoms with Crippen molar-refractivity contribution in [3.8, 4) is 0 Å². The van der Waals surface area contributed by atoms with E-state index in [9.17, 15) is 4.79 Å². The number of thiophene rings is 1. The Morgan fingerprint density at radius 2 is 2.25 bits per heavy atom. The Kier molecular flexibility index (Phi) is 4.37. The van der Waals surface area contributed by atoms with Crippen LogP contribution in [0.1, 0.15) is 58.0 Å². The van der Waals surface area contributed by atoms with Crippen LogP contribution in [0.15, 0.2) is 18.5 Å². The monoisotopic (exact) mass is 346 g/mol. The van der Waals surface area contributed by atoms with E-state index in [1.165, 1.54) is 49.0 Å². The maximum absolute atomic E-state index is 11.6. The summed E-state index contributed by atoms with van der Waals surface area (Å²) in [6.07, 6.45) is 6.77. The van der Waals surface area contributed by atoms with Gasteiger partial charge in [0.15, 0.2) is 0 Å². The second-order valence-electron chi connectivity index (χ2n) is 6.66. The maximum Gasteiger partial charge on any atom is 0.348 e. The molecule has 0 spiro atoms. The number of esters is 1. The largest absolute Gasteiger partial charge is 0.465 e. The van der Waals surface area contributed by atoms with E-state index in [2.05, 4.69) is 19.7 Å². The van der Waals surface area contributed by atoms with Gasteiger partial charge in [0.05, 0.1) is 7.11 Å². The van der Waals surface area contributed by atoms with Crippen molar-refractivity contribution < 1.29 is 9.53 Å². The van der Waals surface area contributed by atoms with Gasteiger partial charge in [0.1, 0.15) is 17.0 Å². The number of rotatable bonds is 5. The normalized spacial score (nSPS) is 21.8. The zero-order valence-corrected chi connectivity index (χ0v) is 14.7. The van der Waals surface area contributed by atoms with Gasteiger partial charge in [-0.15, -0.1) is 21.5 Å². The molecule has 0 unspecified atom stereocenters. The standard InChI is InChI=1S/C17H22N4O2S/c1-23-17(22)15-7-6-14(24-15)10-20-8-2-3-12(9-20)16-19-18-11-21(16)13-4-5-13/h6-7,11-13H,2-5,8-10H2,1H3/t12-/m0/s1. The first-order valence-electron chi connectivity index (χ1n) is 8.53. The molecule has 3 heterocycles. The third kappa shape index (κ3) is 3.23. The number of carbonyl (C=O) groups excluding carboxylic acids is 1. The molecule has 7 heteroatoms. The van der Waals surface area contributed by atoms with Gasteiger partial charge < -0.3 is 9.30 Å². The van der Waals surface area contributed by atoms with E-state index in [4.69, 9.17) is 4.74 Å². The number of hydrogen-bond acceptors (Lipinski definition) is 6. The fraction of sp³-hybridized carbons (Fsp3) is 0.588. The molecule has 0 aromatic carbocycles. The van der Waals surface area contributed by atoms with Crippen molar-refractivity contribution in [2.45, 2.75) is 44.2 Å². The number of ether oxygens (including phenoxy) is 1. The van der Waals surface area contributed by atoms with Crippen molar-refractivity contribution in [2.24, 2.45) is 0 Å². The summed E-state index contributed by atoms with van der Waals surface area (Å²) in [5.74, 6) is 1.37. The summed E-state index contributed by atoms with van der Waals surface area (Å²) in [7, 11) is 1.42. The molecule has 2 aliphatic rings. The van der Waals surface area contributed by atoms with E-state index in [0.29, 0.717) is 16.8 Å². The Labute approximate surface area is 145 Å². The van der Waals surface area contributed by atoms with Crippen LogP contribution in [-0.4, -0.2) is 45.8 Å². The number of aromatic nitrogens is 3. The zero-order chi connectivity index (χ0) is 16.5. The zero-order valence-electron chi connectivity index (χ0n) is 13.9. The van der Waals surface area contributed by atoms with E-state index in [1.807, 2.05) is 18.5 Å². The molecule has 1 aliphatic heterocycles. The van der Waals surface area contributed by atoms with Crippen LogP contribution in [0.3, 0.4) is 0 Å². The number of hydrogen-bond donors (Lipinski definition) is 0. The average molecular weight is 346 g/mol. The van der Waals surface area contributed by atoms with Gasteiger partial charge in [0.25, 0.3) is 0 Å². The number of carbonyl (C=O) groups is 1. The molecule has 1 saturated carbocycles. The van der Waals surface area contributed by atoms with E-state index < -0.39 is 0 Å². The van der Waals surface area contributed by atoms with Crippen LogP contribution in [0.25, 0.3) is 0 Å². The first-order chi connectivity index (χ1) is 11.7. The SMILES string of the molecule is COC(=O)c1ccc(CN2CCC[C@H](c3nncn3C3CC3)C2)s1. The Bertz CT molecular complexity index is 722. The minimum absolute atomic E-state index is 0.250. The molecule has 6 nitrogen and oxygen atoms in total. The van der Waals surface area contributed by atoms with Gasteiger partial charge in [0.2, 0.25) is 0 Å². The highest BCUT2D eigenvalue weighted by Crippen LogP contribution is 2.38. The van der Waals surface area contributed by atoms with Crippen molar-refractivity contribution in [1.29, 1.82) is 0 Å². The summed E-state index contributed by atoms with van der Waals surface area (Å²) in [6, 6.07) is 4.52. The molecule has 0 radical (unpaired) electrons. The fourth-order valence-corrected chi connectivity index (χ4v) is 4.45. The van der Waals surface area contributed by atoms with Gasteiger partial charge in [-0.2, -0.15) is 0 Å². The molecular formula is C17H22N4O2S. The summed E-state index contributed by atoms with van der Waals surface area (Å²) in [6.45, 7) is 2.99. The minimum atomic E-state index is -0.250. The molecule has 1 aliphatic carbocycles. The summed E-state index contributed by atoms with van der Waals surface area (Å²) in [5, 5.41) is 8.55. The van der Waals surface area contributed by atoms with Crippen molar-refractivity contribution in [3.05, 3.63) is 34.0 Å². The van der Waals surface area contributed by atoms with Gasteiger partial charge in [-0.25, -0.2) is 4.79 Å². The lowest BCUT2D eigenvalue weighted by Crippen LogP contribution is -2.34. The van der Waals surface area contributed by atoms with Crippen LogP contribution in [-0.2, 0) is 11.3 Å². The van der Waals surface area contributed by atoms with E-state index >= 15 is 0 Å². The molecule has 24 heavy (non-hydrogen) atoms. The topological polar surface area (TPSA) is 60.2 Å². The smallest absolute Gasteiger partial charge is 0.348 e. The van der Waals surface area contributed by atoms with Crippen LogP contribution < -0.4 is 0 Å². The minimum Gasteiger partial charge on any atom is -0.465 e. The van der Waals surface area contributed by atoms with E-state index in [1.54, 1.807) is 0 Å². The highest BCUT2D eigenvalue weighted by atomic mass is 32.1. The number of nitrogens with zero attached hydrogens (tertiary/aromatic N) is 4. The highest BCUT2D eigenvalue weighted by molar-refractivity contribution is 7.13. The molecule has 2 aromatic heterocycles. The Hall–Kier alpha value is -1.73. The van der Waals surface area contributed by atoms with Crippen LogP contribution in [0.2, 0.25) is 0 Å². The molecule has 128 valence electrons. The van der Waals surface area contributed by atoms with Gasteiger partial charge in [0, 0.05) is 29.9 Å². The number of likely N-dealkylation sites (tertiary alicyclic amines) is 1. The summed E-state index contributed by atoms with van der Waals surface area (Å²) in [4.78, 5) is 15.9. The molecule has 2 fully saturated rings. The van der Waals surface area contributed by atoms with Crippen LogP contribution in [0.5, 0.6) is 0 Å². The summed E-state index contributed by atoms with van der Waals surface area (Å²) in [5.41, 5.74) is 0. The van der Waals surface area contributed by atoms with Crippen LogP contribution >= 0.6 is 11.3 Å². The highest BCUT2D eigenvalue weighted by Gasteiger charge is 2.31. The molecule has 0 amide bonds. The molecule has 1 saturated heterocycles. The molecule has 4 rings (SSSR count). The second kappa shape index (κ2) is 6.64. The molecular weight excluding hydrogens is 324 g/mol. The quantitative estimate of drug-likeness (QED) is 0.779. The predicted octanol–water partition coefficient (Wildman–Crippen LogP) is 2.84. The van der Waals surface area contributed by atoms with E-state index in [0.717, 1.165) is 25.5 Å². The lowest BCUT2D eigenvalue weighted by Gasteiger charge is -2.32. The number of methoxy groups -OCH3 is 1. The third-order valence-electron chi connectivity index (χ3n) is 4.84. The summed E-state index contributed by atoms with van der Waals surface area (Å²) >= 11 is 1.53. The van der Waals surface area contributed by atoms with Crippen LogP contribution in [0.4, 0.5) is 0 Å². The lowest BCUT2D eigenvalue weighted by molar-refractivity contribution is 0.0606. The van der Waals surface area contributed by atoms with Gasteiger partial charge in [-0.1, -0.05) is 0 Å². The van der Waals surface area contributed by atoms with Crippen molar-refractivity contribution >= 4 is 17.3 Å². The fourth-order valence-electron chi connectivity index (χ4n) is 3.48. The van der Waals surface area contributed by atoms with E-state index in [-0.39, 0.29) is 5.97 Å². The Morgan fingerprint density at radius 1 is 1.38 bits per heavy atom. The first-order valence-corrected chi connectivity index (χ1v) is 9.35. The molecule has 0 N–H and O–H groups in total. The first kappa shape index (κ1) is 15.8. The van der Waals surface area contributed by atoms with Crippen molar-refractivity contribution in [2.75, 3.05) is 20.2 Å². The second-order valence-corrected chi connectivity index (χ2v) is 7.83. The van der Waals surface area contributed by atoms with Gasteiger partial charge in [-0.3, -0.25) is 4.90 Å². The number of piperidine rings is 1. The third-order valence-corrected chi connectivity index (χ3v) is 5.89. The predicted molar refractivity (Wildman–Crippen MR) is 91.2 cm³/mol. The lowest BCUT2D eigenvalue weighted by atomic mass is 9.97. The Balaban J connectivity index is 1.42. The average Bonchev–Trinajstić information content (AvgIpc) is 3.15. The Morgan fingerprint density at radius 3 is 3.04 bits per heavy atom. The van der Waals surface area contributed by atoms with Crippen molar-refractivity contribution in [3.63, 3.8) is 0 Å². The molecule has 1 atom stereocenters.